The zero-order valence-corrected chi connectivity index (χ0v) is 11.4. The number of aromatic nitrogens is 1. The van der Waals surface area contributed by atoms with Gasteiger partial charge in [-0.3, -0.25) is 4.79 Å². The third-order valence-corrected chi connectivity index (χ3v) is 2.90. The fourth-order valence-corrected chi connectivity index (χ4v) is 1.75. The van der Waals surface area contributed by atoms with Gasteiger partial charge in [0, 0.05) is 29.6 Å². The highest BCUT2D eigenvalue weighted by Crippen LogP contribution is 2.10. The smallest absolute Gasteiger partial charge is 0.227 e. The summed E-state index contributed by atoms with van der Waals surface area (Å²) < 4.78 is 1.93. The molecule has 0 aliphatic rings. The third-order valence-electron chi connectivity index (χ3n) is 2.65. The SMILES string of the molecule is Cc1cccc[n+]1CC(=O)c1ccc(Cl)cc1.[Cl-]. The Balaban J connectivity index is 0.00000162. The molecule has 0 aliphatic heterocycles. The second-order valence-corrected chi connectivity index (χ2v) is 4.34. The first-order valence-corrected chi connectivity index (χ1v) is 5.78. The van der Waals surface area contributed by atoms with Gasteiger partial charge in [-0.25, -0.2) is 0 Å². The summed E-state index contributed by atoms with van der Waals surface area (Å²) in [7, 11) is 0. The number of carbonyl (C=O) groups excluding carboxylic acids is 1. The van der Waals surface area contributed by atoms with Crippen LogP contribution in [0.15, 0.2) is 48.7 Å². The predicted molar refractivity (Wildman–Crippen MR) is 67.2 cm³/mol. The van der Waals surface area contributed by atoms with E-state index in [1.54, 1.807) is 24.3 Å². The Morgan fingerprint density at radius 1 is 1.17 bits per heavy atom. The Labute approximate surface area is 118 Å². The number of hydrogen-bond donors (Lipinski definition) is 0. The number of carbonyl (C=O) groups is 1. The van der Waals surface area contributed by atoms with Crippen LogP contribution in [0.2, 0.25) is 5.02 Å². The van der Waals surface area contributed by atoms with Crippen LogP contribution in [0.3, 0.4) is 0 Å². The minimum Gasteiger partial charge on any atom is -1.00 e. The van der Waals surface area contributed by atoms with Crippen molar-refractivity contribution in [3.05, 3.63) is 64.9 Å². The molecule has 2 nitrogen and oxygen atoms in total. The summed E-state index contributed by atoms with van der Waals surface area (Å²) in [6.45, 7) is 2.34. The first kappa shape index (κ1) is 14.7. The average Bonchev–Trinajstić information content (AvgIpc) is 2.33. The van der Waals surface area contributed by atoms with Crippen molar-refractivity contribution in [1.82, 2.24) is 0 Å². The van der Waals surface area contributed by atoms with E-state index in [4.69, 9.17) is 11.6 Å². The summed E-state index contributed by atoms with van der Waals surface area (Å²) in [5.41, 5.74) is 1.75. The molecule has 2 aromatic rings. The predicted octanol–water partition coefficient (Wildman–Crippen LogP) is -0.177. The Bertz CT molecular complexity index is 538. The molecule has 0 radical (unpaired) electrons. The zero-order valence-electron chi connectivity index (χ0n) is 9.94. The summed E-state index contributed by atoms with van der Waals surface area (Å²) in [6.07, 6.45) is 1.91. The van der Waals surface area contributed by atoms with Crippen molar-refractivity contribution in [3.8, 4) is 0 Å². The molecule has 0 spiro atoms. The summed E-state index contributed by atoms with van der Waals surface area (Å²) in [6, 6.07) is 12.8. The van der Waals surface area contributed by atoms with Crippen LogP contribution in [0, 0.1) is 6.92 Å². The van der Waals surface area contributed by atoms with Crippen molar-refractivity contribution in [2.24, 2.45) is 0 Å². The van der Waals surface area contributed by atoms with Crippen molar-refractivity contribution >= 4 is 17.4 Å². The maximum absolute atomic E-state index is 12.0. The van der Waals surface area contributed by atoms with Crippen molar-refractivity contribution < 1.29 is 21.8 Å². The zero-order chi connectivity index (χ0) is 12.3. The summed E-state index contributed by atoms with van der Waals surface area (Å²) in [5, 5.41) is 0.644. The number of hydrogen-bond acceptors (Lipinski definition) is 1. The van der Waals surface area contributed by atoms with Gasteiger partial charge in [0.05, 0.1) is 0 Å². The van der Waals surface area contributed by atoms with Crippen LogP contribution >= 0.6 is 11.6 Å². The largest absolute Gasteiger partial charge is 1.00 e. The van der Waals surface area contributed by atoms with Crippen molar-refractivity contribution in [3.63, 3.8) is 0 Å². The summed E-state index contributed by atoms with van der Waals surface area (Å²) in [5.74, 6) is 0.0842. The van der Waals surface area contributed by atoms with Crippen LogP contribution < -0.4 is 17.0 Å². The van der Waals surface area contributed by atoms with Crippen molar-refractivity contribution in [1.29, 1.82) is 0 Å². The fraction of sp³-hybridized carbons (Fsp3) is 0.143. The van der Waals surface area contributed by atoms with Gasteiger partial charge < -0.3 is 12.4 Å². The lowest BCUT2D eigenvalue weighted by Gasteiger charge is -2.00. The molecule has 94 valence electrons. The number of nitrogens with zero attached hydrogens (tertiary/aromatic N) is 1. The lowest BCUT2D eigenvalue weighted by molar-refractivity contribution is -0.689. The monoisotopic (exact) mass is 281 g/mol. The number of halogens is 2. The fourth-order valence-electron chi connectivity index (χ4n) is 1.62. The average molecular weight is 282 g/mol. The maximum Gasteiger partial charge on any atom is 0.227 e. The lowest BCUT2D eigenvalue weighted by Crippen LogP contribution is -3.00. The van der Waals surface area contributed by atoms with E-state index in [0.29, 0.717) is 17.1 Å². The van der Waals surface area contributed by atoms with Crippen LogP contribution in [0.5, 0.6) is 0 Å². The molecule has 0 unspecified atom stereocenters. The highest BCUT2D eigenvalue weighted by molar-refractivity contribution is 6.30. The second kappa shape index (κ2) is 6.53. The quantitative estimate of drug-likeness (QED) is 0.565. The second-order valence-electron chi connectivity index (χ2n) is 3.90. The number of aryl methyl sites for hydroxylation is 1. The first-order valence-electron chi connectivity index (χ1n) is 5.40. The molecule has 0 aliphatic carbocycles. The van der Waals surface area contributed by atoms with Crippen LogP contribution in [-0.4, -0.2) is 5.78 Å². The highest BCUT2D eigenvalue weighted by Gasteiger charge is 2.13. The Kier molecular flexibility index (Phi) is 5.32. The molecule has 18 heavy (non-hydrogen) atoms. The molecule has 4 heteroatoms. The summed E-state index contributed by atoms with van der Waals surface area (Å²) >= 11 is 5.79. The number of benzene rings is 1. The van der Waals surface area contributed by atoms with E-state index >= 15 is 0 Å². The van der Waals surface area contributed by atoms with Gasteiger partial charge >= 0.3 is 0 Å². The van der Waals surface area contributed by atoms with Gasteiger partial charge in [0.1, 0.15) is 0 Å². The molecule has 0 fully saturated rings. The number of rotatable bonds is 3. The standard InChI is InChI=1S/C14H13ClNO.ClH/c1-11-4-2-3-9-16(11)10-14(17)12-5-7-13(15)8-6-12;/h2-9H,10H2,1H3;1H/q+1;/p-1. The topological polar surface area (TPSA) is 20.9 Å². The molecule has 2 rings (SSSR count). The van der Waals surface area contributed by atoms with Gasteiger partial charge in [-0.05, 0) is 24.3 Å². The molecular formula is C14H13Cl2NO. The molecule has 0 N–H and O–H groups in total. The number of ketones is 1. The van der Waals surface area contributed by atoms with E-state index in [1.165, 1.54) is 0 Å². The van der Waals surface area contributed by atoms with Crippen LogP contribution in [0.1, 0.15) is 16.1 Å². The minimum absolute atomic E-state index is 0. The highest BCUT2D eigenvalue weighted by atomic mass is 35.5. The van der Waals surface area contributed by atoms with E-state index in [-0.39, 0.29) is 18.2 Å². The molecule has 1 aromatic heterocycles. The van der Waals surface area contributed by atoms with Gasteiger partial charge in [-0.15, -0.1) is 0 Å². The summed E-state index contributed by atoms with van der Waals surface area (Å²) in [4.78, 5) is 12.0. The van der Waals surface area contributed by atoms with E-state index in [0.717, 1.165) is 5.69 Å². The van der Waals surface area contributed by atoms with Crippen molar-refractivity contribution in [2.75, 3.05) is 0 Å². The van der Waals surface area contributed by atoms with E-state index in [9.17, 15) is 4.79 Å². The molecule has 1 aromatic carbocycles. The third kappa shape index (κ3) is 3.56. The lowest BCUT2D eigenvalue weighted by atomic mass is 10.1. The first-order chi connectivity index (χ1) is 8.16. The van der Waals surface area contributed by atoms with Gasteiger partial charge in [0.25, 0.3) is 0 Å². The molecule has 0 saturated heterocycles. The van der Waals surface area contributed by atoms with E-state index in [2.05, 4.69) is 0 Å². The molecule has 0 amide bonds. The van der Waals surface area contributed by atoms with Crippen molar-refractivity contribution in [2.45, 2.75) is 13.5 Å². The van der Waals surface area contributed by atoms with Crippen LogP contribution in [0.25, 0.3) is 0 Å². The van der Waals surface area contributed by atoms with E-state index < -0.39 is 0 Å². The molecular weight excluding hydrogens is 269 g/mol. The van der Waals surface area contributed by atoms with E-state index in [1.807, 2.05) is 35.9 Å². The molecule has 0 saturated carbocycles. The Hall–Kier alpha value is -1.38. The minimum atomic E-state index is 0. The molecule has 1 heterocycles. The van der Waals surface area contributed by atoms with Crippen LogP contribution in [0.4, 0.5) is 0 Å². The Morgan fingerprint density at radius 2 is 1.83 bits per heavy atom. The molecule has 0 atom stereocenters. The normalized spacial score (nSPS) is 9.67. The van der Waals surface area contributed by atoms with Gasteiger partial charge in [0.15, 0.2) is 11.9 Å². The van der Waals surface area contributed by atoms with Crippen LogP contribution in [-0.2, 0) is 6.54 Å². The molecule has 0 bridgehead atoms. The van der Waals surface area contributed by atoms with Gasteiger partial charge in [0.2, 0.25) is 12.3 Å². The van der Waals surface area contributed by atoms with Gasteiger partial charge in [-0.2, -0.15) is 4.57 Å². The Morgan fingerprint density at radius 3 is 2.44 bits per heavy atom. The maximum atomic E-state index is 12.0. The number of Topliss-reactive ketones (excluding diaryl/α,β-unsaturated/α-hetero) is 1. The van der Waals surface area contributed by atoms with Gasteiger partial charge in [-0.1, -0.05) is 17.7 Å². The number of pyridine rings is 1.